The van der Waals surface area contributed by atoms with Gasteiger partial charge in [-0.2, -0.15) is 9.61 Å². The van der Waals surface area contributed by atoms with E-state index in [0.717, 1.165) is 57.6 Å². The Morgan fingerprint density at radius 2 is 2.00 bits per heavy atom. The van der Waals surface area contributed by atoms with Crippen molar-refractivity contribution in [2.24, 2.45) is 0 Å². The number of aryl methyl sites for hydroxylation is 1. The second-order valence-electron chi connectivity index (χ2n) is 8.62. The molecule has 5 rings (SSSR count). The Labute approximate surface area is 167 Å². The summed E-state index contributed by atoms with van der Waals surface area (Å²) in [5.74, 6) is 1.71. The summed E-state index contributed by atoms with van der Waals surface area (Å²) in [6.07, 6.45) is 9.48. The van der Waals surface area contributed by atoms with E-state index >= 15 is 0 Å². The summed E-state index contributed by atoms with van der Waals surface area (Å²) in [4.78, 5) is 7.63. The first kappa shape index (κ1) is 18.4. The molecule has 4 heterocycles. The third kappa shape index (κ3) is 3.41. The minimum absolute atomic E-state index is 0.505. The van der Waals surface area contributed by atoms with Crippen molar-refractivity contribution in [2.45, 2.75) is 70.3 Å². The van der Waals surface area contributed by atoms with Gasteiger partial charge < -0.3 is 10.1 Å². The molecule has 2 saturated heterocycles. The lowest BCUT2D eigenvalue weighted by Gasteiger charge is -2.25. The molecule has 1 N–H and O–H groups in total. The summed E-state index contributed by atoms with van der Waals surface area (Å²) >= 11 is 0. The molecule has 6 nitrogen and oxygen atoms in total. The van der Waals surface area contributed by atoms with Gasteiger partial charge in [-0.05, 0) is 64.5 Å². The Balaban J connectivity index is 1.48. The molecule has 0 bridgehead atoms. The molecule has 28 heavy (non-hydrogen) atoms. The van der Waals surface area contributed by atoms with Gasteiger partial charge in [0.05, 0.1) is 5.69 Å². The van der Waals surface area contributed by atoms with Gasteiger partial charge in [0.25, 0.3) is 0 Å². The quantitative estimate of drug-likeness (QED) is 0.858. The molecule has 0 radical (unpaired) electrons. The fourth-order valence-electron chi connectivity index (χ4n) is 5.30. The summed E-state index contributed by atoms with van der Waals surface area (Å²) in [5.41, 5.74) is 4.90. The molecular formula is C22H33N5O. The van der Waals surface area contributed by atoms with Crippen LogP contribution in [-0.4, -0.2) is 58.4 Å². The number of rotatable bonds is 5. The van der Waals surface area contributed by atoms with Crippen LogP contribution in [0.2, 0.25) is 0 Å². The van der Waals surface area contributed by atoms with Crippen molar-refractivity contribution in [3.05, 3.63) is 23.0 Å². The van der Waals surface area contributed by atoms with Crippen molar-refractivity contribution >= 4 is 11.5 Å². The van der Waals surface area contributed by atoms with Crippen molar-refractivity contribution in [3.63, 3.8) is 0 Å². The highest BCUT2D eigenvalue weighted by atomic mass is 16.5. The largest absolute Gasteiger partial charge is 0.381 e. The maximum atomic E-state index is 5.55. The summed E-state index contributed by atoms with van der Waals surface area (Å²) in [5, 5.41) is 8.88. The summed E-state index contributed by atoms with van der Waals surface area (Å²) in [6.45, 7) is 7.36. The van der Waals surface area contributed by atoms with Gasteiger partial charge in [-0.3, -0.25) is 4.90 Å². The van der Waals surface area contributed by atoms with E-state index in [1.807, 2.05) is 0 Å². The molecular weight excluding hydrogens is 350 g/mol. The van der Waals surface area contributed by atoms with Crippen LogP contribution in [-0.2, 0) is 17.6 Å². The van der Waals surface area contributed by atoms with Crippen LogP contribution >= 0.6 is 0 Å². The number of likely N-dealkylation sites (tertiary alicyclic amines) is 1. The molecule has 2 aromatic rings. The van der Waals surface area contributed by atoms with E-state index in [9.17, 15) is 0 Å². The van der Waals surface area contributed by atoms with E-state index in [2.05, 4.69) is 27.7 Å². The lowest BCUT2D eigenvalue weighted by Crippen LogP contribution is -2.35. The number of hydrogen-bond acceptors (Lipinski definition) is 5. The van der Waals surface area contributed by atoms with Crippen LogP contribution in [0.15, 0.2) is 6.07 Å². The van der Waals surface area contributed by atoms with Gasteiger partial charge in [-0.1, -0.05) is 6.92 Å². The van der Waals surface area contributed by atoms with Gasteiger partial charge in [0.1, 0.15) is 5.82 Å². The first-order valence-electron chi connectivity index (χ1n) is 11.3. The van der Waals surface area contributed by atoms with Gasteiger partial charge in [-0.25, -0.2) is 4.98 Å². The molecule has 0 aromatic carbocycles. The van der Waals surface area contributed by atoms with Crippen LogP contribution in [0.3, 0.4) is 0 Å². The first-order valence-corrected chi connectivity index (χ1v) is 11.3. The molecule has 1 aliphatic carbocycles. The van der Waals surface area contributed by atoms with E-state index in [4.69, 9.17) is 14.8 Å². The van der Waals surface area contributed by atoms with Gasteiger partial charge in [0, 0.05) is 49.0 Å². The standard InChI is InChI=1S/C22H33N5O/c1-2-26-11-5-6-17(26)15-23-22-18-7-3-4-8-19(18)24-21-14-20(25-27(21)22)16-9-12-28-13-10-16/h14,16-17,23H,2-13,15H2,1H3. The summed E-state index contributed by atoms with van der Waals surface area (Å²) in [6, 6.07) is 2.86. The van der Waals surface area contributed by atoms with Crippen molar-refractivity contribution in [3.8, 4) is 0 Å². The third-order valence-electron chi connectivity index (χ3n) is 6.95. The number of likely N-dealkylation sites (N-methyl/N-ethyl adjacent to an activating group) is 1. The van der Waals surface area contributed by atoms with Crippen molar-refractivity contribution < 1.29 is 4.74 Å². The van der Waals surface area contributed by atoms with Gasteiger partial charge in [0.15, 0.2) is 5.65 Å². The number of aromatic nitrogens is 3. The Hall–Kier alpha value is -1.66. The smallest absolute Gasteiger partial charge is 0.157 e. The third-order valence-corrected chi connectivity index (χ3v) is 6.95. The maximum absolute atomic E-state index is 5.55. The molecule has 2 aliphatic heterocycles. The van der Waals surface area contributed by atoms with Crippen LogP contribution in [0.1, 0.15) is 68.3 Å². The molecule has 2 aromatic heterocycles. The molecule has 0 spiro atoms. The molecule has 6 heteroatoms. The maximum Gasteiger partial charge on any atom is 0.157 e. The lowest BCUT2D eigenvalue weighted by atomic mass is 9.96. The molecule has 1 unspecified atom stereocenters. The van der Waals surface area contributed by atoms with E-state index in [0.29, 0.717) is 12.0 Å². The van der Waals surface area contributed by atoms with Gasteiger partial charge >= 0.3 is 0 Å². The molecule has 3 aliphatic rings. The molecule has 0 saturated carbocycles. The van der Waals surface area contributed by atoms with E-state index < -0.39 is 0 Å². The number of hydrogen-bond donors (Lipinski definition) is 1. The SMILES string of the molecule is CCN1CCCC1CNc1c2c(nc3cc(C4CCOCC4)nn13)CCCC2. The van der Waals surface area contributed by atoms with E-state index in [1.165, 1.54) is 55.0 Å². The predicted molar refractivity (Wildman–Crippen MR) is 111 cm³/mol. The average Bonchev–Trinajstić information content (AvgIpc) is 3.38. The number of nitrogens with one attached hydrogen (secondary N) is 1. The lowest BCUT2D eigenvalue weighted by molar-refractivity contribution is 0.0844. The predicted octanol–water partition coefficient (Wildman–Crippen LogP) is 3.40. The van der Waals surface area contributed by atoms with Crippen molar-refractivity contribution in [1.82, 2.24) is 19.5 Å². The Morgan fingerprint density at radius 3 is 2.86 bits per heavy atom. The van der Waals surface area contributed by atoms with Crippen LogP contribution in [0.5, 0.6) is 0 Å². The molecule has 0 amide bonds. The highest BCUT2D eigenvalue weighted by molar-refractivity contribution is 5.57. The van der Waals surface area contributed by atoms with E-state index in [1.54, 1.807) is 0 Å². The Kier molecular flexibility index (Phi) is 5.24. The first-order chi connectivity index (χ1) is 13.8. The Bertz CT molecular complexity index is 826. The summed E-state index contributed by atoms with van der Waals surface area (Å²) < 4.78 is 7.66. The number of fused-ring (bicyclic) bond motifs is 2. The summed E-state index contributed by atoms with van der Waals surface area (Å²) in [7, 11) is 0. The van der Waals surface area contributed by atoms with Crippen LogP contribution in [0.4, 0.5) is 5.82 Å². The van der Waals surface area contributed by atoms with Crippen LogP contribution in [0.25, 0.3) is 5.65 Å². The average molecular weight is 384 g/mol. The number of anilines is 1. The highest BCUT2D eigenvalue weighted by Crippen LogP contribution is 2.31. The van der Waals surface area contributed by atoms with Gasteiger partial charge in [-0.15, -0.1) is 0 Å². The Morgan fingerprint density at radius 1 is 1.14 bits per heavy atom. The number of ether oxygens (including phenoxy) is 1. The molecule has 2 fully saturated rings. The molecule has 152 valence electrons. The number of nitrogens with zero attached hydrogens (tertiary/aromatic N) is 4. The zero-order chi connectivity index (χ0) is 18.9. The zero-order valence-electron chi connectivity index (χ0n) is 17.1. The fourth-order valence-corrected chi connectivity index (χ4v) is 5.30. The van der Waals surface area contributed by atoms with Gasteiger partial charge in [0.2, 0.25) is 0 Å². The fraction of sp³-hybridized carbons (Fsp3) is 0.727. The highest BCUT2D eigenvalue weighted by Gasteiger charge is 2.26. The topological polar surface area (TPSA) is 54.7 Å². The normalized spacial score (nSPS) is 24.0. The second kappa shape index (κ2) is 7.99. The van der Waals surface area contributed by atoms with Crippen molar-refractivity contribution in [1.29, 1.82) is 0 Å². The van der Waals surface area contributed by atoms with E-state index in [-0.39, 0.29) is 0 Å². The monoisotopic (exact) mass is 383 g/mol. The minimum Gasteiger partial charge on any atom is -0.381 e. The zero-order valence-corrected chi connectivity index (χ0v) is 17.1. The van der Waals surface area contributed by atoms with Crippen LogP contribution in [0, 0.1) is 0 Å². The molecule has 1 atom stereocenters. The minimum atomic E-state index is 0.505. The van der Waals surface area contributed by atoms with Crippen molar-refractivity contribution in [2.75, 3.05) is 38.2 Å². The second-order valence-corrected chi connectivity index (χ2v) is 8.62. The van der Waals surface area contributed by atoms with Crippen LogP contribution < -0.4 is 5.32 Å².